The molecule has 0 spiro atoms. The van der Waals surface area contributed by atoms with Gasteiger partial charge in [-0.25, -0.2) is 0 Å². The lowest BCUT2D eigenvalue weighted by molar-refractivity contribution is -0.120. The second kappa shape index (κ2) is 6.26. The standard InChI is InChI=1S/C13H25NO/c1-4-5-13(15)10-14-8-6-12(7-9-14)11(2)3/h11-12H,4-10H2,1-3H3. The van der Waals surface area contributed by atoms with Crippen LogP contribution in [0.15, 0.2) is 0 Å². The molecule has 0 saturated carbocycles. The Hall–Kier alpha value is -0.370. The molecule has 0 N–H and O–H groups in total. The minimum Gasteiger partial charge on any atom is -0.298 e. The molecule has 1 aliphatic rings. The van der Waals surface area contributed by atoms with Crippen LogP contribution in [0.25, 0.3) is 0 Å². The highest BCUT2D eigenvalue weighted by Gasteiger charge is 2.22. The van der Waals surface area contributed by atoms with Crippen LogP contribution in [0.2, 0.25) is 0 Å². The number of hydrogen-bond donors (Lipinski definition) is 0. The summed E-state index contributed by atoms with van der Waals surface area (Å²) in [4.78, 5) is 13.8. The molecule has 0 aromatic heterocycles. The number of nitrogens with zero attached hydrogens (tertiary/aromatic N) is 1. The van der Waals surface area contributed by atoms with Gasteiger partial charge in [-0.3, -0.25) is 9.69 Å². The molecule has 0 atom stereocenters. The van der Waals surface area contributed by atoms with Gasteiger partial charge in [0.2, 0.25) is 0 Å². The Morgan fingerprint density at radius 3 is 2.40 bits per heavy atom. The molecule has 0 amide bonds. The van der Waals surface area contributed by atoms with Crippen molar-refractivity contribution in [3.05, 3.63) is 0 Å². The highest BCUT2D eigenvalue weighted by molar-refractivity contribution is 5.80. The molecule has 0 aromatic rings. The van der Waals surface area contributed by atoms with E-state index in [1.54, 1.807) is 0 Å². The van der Waals surface area contributed by atoms with Crippen molar-refractivity contribution in [1.29, 1.82) is 0 Å². The van der Waals surface area contributed by atoms with E-state index in [2.05, 4.69) is 25.7 Å². The average molecular weight is 211 g/mol. The maximum atomic E-state index is 11.5. The fourth-order valence-corrected chi connectivity index (χ4v) is 2.39. The van der Waals surface area contributed by atoms with Gasteiger partial charge < -0.3 is 0 Å². The smallest absolute Gasteiger partial charge is 0.146 e. The van der Waals surface area contributed by atoms with Crippen LogP contribution < -0.4 is 0 Å². The van der Waals surface area contributed by atoms with E-state index in [0.29, 0.717) is 12.3 Å². The predicted molar refractivity (Wildman–Crippen MR) is 63.9 cm³/mol. The van der Waals surface area contributed by atoms with Gasteiger partial charge in [0.05, 0.1) is 6.54 Å². The van der Waals surface area contributed by atoms with Crippen molar-refractivity contribution < 1.29 is 4.79 Å². The van der Waals surface area contributed by atoms with E-state index in [1.165, 1.54) is 12.8 Å². The first-order valence-corrected chi connectivity index (χ1v) is 6.37. The summed E-state index contributed by atoms with van der Waals surface area (Å²) in [5.74, 6) is 2.10. The van der Waals surface area contributed by atoms with Gasteiger partial charge in [-0.15, -0.1) is 0 Å². The second-order valence-electron chi connectivity index (χ2n) is 5.15. The Morgan fingerprint density at radius 2 is 1.93 bits per heavy atom. The molecule has 0 aromatic carbocycles. The van der Waals surface area contributed by atoms with E-state index in [4.69, 9.17) is 0 Å². The van der Waals surface area contributed by atoms with E-state index in [9.17, 15) is 4.79 Å². The van der Waals surface area contributed by atoms with Gasteiger partial charge in [0, 0.05) is 6.42 Å². The summed E-state index contributed by atoms with van der Waals surface area (Å²) >= 11 is 0. The monoisotopic (exact) mass is 211 g/mol. The number of likely N-dealkylation sites (tertiary alicyclic amines) is 1. The van der Waals surface area contributed by atoms with Crippen LogP contribution in [0.4, 0.5) is 0 Å². The summed E-state index contributed by atoms with van der Waals surface area (Å²) in [6, 6.07) is 0. The molecule has 0 radical (unpaired) electrons. The zero-order valence-corrected chi connectivity index (χ0v) is 10.5. The van der Waals surface area contributed by atoms with Crippen LogP contribution in [0, 0.1) is 11.8 Å². The SMILES string of the molecule is CCCC(=O)CN1CCC(C(C)C)CC1. The van der Waals surface area contributed by atoms with Crippen LogP contribution in [0.5, 0.6) is 0 Å². The van der Waals surface area contributed by atoms with Crippen molar-refractivity contribution in [2.24, 2.45) is 11.8 Å². The number of carbonyl (C=O) groups excluding carboxylic acids is 1. The normalized spacial score (nSPS) is 19.7. The van der Waals surface area contributed by atoms with Crippen molar-refractivity contribution >= 4 is 5.78 Å². The number of ketones is 1. The van der Waals surface area contributed by atoms with Gasteiger partial charge in [-0.05, 0) is 44.2 Å². The summed E-state index contributed by atoms with van der Waals surface area (Å²) in [5, 5.41) is 0. The van der Waals surface area contributed by atoms with Crippen molar-refractivity contribution in [1.82, 2.24) is 4.90 Å². The zero-order valence-electron chi connectivity index (χ0n) is 10.5. The van der Waals surface area contributed by atoms with Gasteiger partial charge in [0.15, 0.2) is 0 Å². The van der Waals surface area contributed by atoms with Crippen LogP contribution in [-0.2, 0) is 4.79 Å². The van der Waals surface area contributed by atoms with E-state index >= 15 is 0 Å². The van der Waals surface area contributed by atoms with Crippen LogP contribution in [0.3, 0.4) is 0 Å². The lowest BCUT2D eigenvalue weighted by atomic mass is 9.86. The molecular formula is C13H25NO. The predicted octanol–water partition coefficient (Wildman–Crippen LogP) is 2.72. The third-order valence-corrected chi connectivity index (χ3v) is 3.50. The number of Topliss-reactive ketones (excluding diaryl/α,β-unsaturated/α-hetero) is 1. The maximum Gasteiger partial charge on any atom is 0.146 e. The van der Waals surface area contributed by atoms with E-state index in [0.717, 1.165) is 37.8 Å². The Kier molecular flexibility index (Phi) is 5.30. The number of piperidine rings is 1. The third kappa shape index (κ3) is 4.33. The third-order valence-electron chi connectivity index (χ3n) is 3.50. The Morgan fingerprint density at radius 1 is 1.33 bits per heavy atom. The molecular weight excluding hydrogens is 186 g/mol. The van der Waals surface area contributed by atoms with Crippen molar-refractivity contribution in [3.63, 3.8) is 0 Å². The van der Waals surface area contributed by atoms with E-state index in [-0.39, 0.29) is 0 Å². The first-order valence-electron chi connectivity index (χ1n) is 6.37. The number of carbonyl (C=O) groups is 1. The number of rotatable bonds is 5. The fraction of sp³-hybridized carbons (Fsp3) is 0.923. The Labute approximate surface area is 94.0 Å². The summed E-state index contributed by atoms with van der Waals surface area (Å²) in [7, 11) is 0. The molecule has 2 nitrogen and oxygen atoms in total. The quantitative estimate of drug-likeness (QED) is 0.697. The summed E-state index contributed by atoms with van der Waals surface area (Å²) < 4.78 is 0. The van der Waals surface area contributed by atoms with Crippen LogP contribution in [-0.4, -0.2) is 30.3 Å². The first kappa shape index (κ1) is 12.7. The lowest BCUT2D eigenvalue weighted by Crippen LogP contribution is -2.38. The second-order valence-corrected chi connectivity index (χ2v) is 5.15. The molecule has 1 aliphatic heterocycles. The molecule has 1 heterocycles. The highest BCUT2D eigenvalue weighted by Crippen LogP contribution is 2.24. The largest absolute Gasteiger partial charge is 0.298 e. The number of hydrogen-bond acceptors (Lipinski definition) is 2. The zero-order chi connectivity index (χ0) is 11.3. The molecule has 1 fully saturated rings. The van der Waals surface area contributed by atoms with Crippen LogP contribution in [0.1, 0.15) is 46.5 Å². The molecule has 2 heteroatoms. The first-order chi connectivity index (χ1) is 7.13. The Bertz CT molecular complexity index is 193. The summed E-state index contributed by atoms with van der Waals surface area (Å²) in [6.45, 7) is 9.63. The Balaban J connectivity index is 2.22. The molecule has 1 saturated heterocycles. The van der Waals surface area contributed by atoms with Crippen molar-refractivity contribution in [3.8, 4) is 0 Å². The van der Waals surface area contributed by atoms with Gasteiger partial charge in [-0.1, -0.05) is 20.8 Å². The fourth-order valence-electron chi connectivity index (χ4n) is 2.39. The van der Waals surface area contributed by atoms with E-state index in [1.807, 2.05) is 0 Å². The van der Waals surface area contributed by atoms with Gasteiger partial charge in [0.25, 0.3) is 0 Å². The highest BCUT2D eigenvalue weighted by atomic mass is 16.1. The van der Waals surface area contributed by atoms with Crippen LogP contribution >= 0.6 is 0 Å². The molecule has 0 bridgehead atoms. The average Bonchev–Trinajstić information content (AvgIpc) is 2.18. The molecule has 1 rings (SSSR count). The van der Waals surface area contributed by atoms with Gasteiger partial charge in [-0.2, -0.15) is 0 Å². The minimum absolute atomic E-state index is 0.417. The lowest BCUT2D eigenvalue weighted by Gasteiger charge is -2.33. The maximum absolute atomic E-state index is 11.5. The van der Waals surface area contributed by atoms with Crippen molar-refractivity contribution in [2.45, 2.75) is 46.5 Å². The molecule has 0 unspecified atom stereocenters. The minimum atomic E-state index is 0.417. The summed E-state index contributed by atoms with van der Waals surface area (Å²) in [6.07, 6.45) is 4.29. The topological polar surface area (TPSA) is 20.3 Å². The summed E-state index contributed by atoms with van der Waals surface area (Å²) in [5.41, 5.74) is 0. The molecule has 0 aliphatic carbocycles. The molecule has 88 valence electrons. The van der Waals surface area contributed by atoms with Crippen molar-refractivity contribution in [2.75, 3.05) is 19.6 Å². The molecule has 15 heavy (non-hydrogen) atoms. The van der Waals surface area contributed by atoms with Gasteiger partial charge >= 0.3 is 0 Å². The van der Waals surface area contributed by atoms with Gasteiger partial charge in [0.1, 0.15) is 5.78 Å². The van der Waals surface area contributed by atoms with E-state index < -0.39 is 0 Å².